The fourth-order valence-corrected chi connectivity index (χ4v) is 0.406. The van der Waals surface area contributed by atoms with Crippen LogP contribution in [0.25, 0.3) is 0 Å². The highest BCUT2D eigenvalue weighted by molar-refractivity contribution is 5.85. The molecule has 0 unspecified atom stereocenters. The molecule has 1 aliphatic rings. The average Bonchev–Trinajstić information content (AvgIpc) is 1.72. The Balaban J connectivity index is 0. The smallest absolute Gasteiger partial charge is 0.0328 e. The van der Waals surface area contributed by atoms with Crippen molar-refractivity contribution in [2.45, 2.75) is 0 Å². The van der Waals surface area contributed by atoms with Gasteiger partial charge in [-0.1, -0.05) is 12.2 Å². The van der Waals surface area contributed by atoms with Crippen LogP contribution < -0.4 is 5.32 Å². The molecule has 0 radical (unpaired) electrons. The van der Waals surface area contributed by atoms with Crippen LogP contribution in [0.2, 0.25) is 0 Å². The van der Waals surface area contributed by atoms with Gasteiger partial charge in [-0.05, 0) is 12.3 Å². The van der Waals surface area contributed by atoms with Gasteiger partial charge in [0.1, 0.15) is 0 Å². The Bertz CT molecular complexity index is 76.4. The van der Waals surface area contributed by atoms with E-state index in [4.69, 9.17) is 0 Å². The summed E-state index contributed by atoms with van der Waals surface area (Å²) in [4.78, 5) is 0. The molecule has 0 amide bonds. The van der Waals surface area contributed by atoms with Crippen molar-refractivity contribution in [1.29, 1.82) is 0 Å². The molecule has 0 atom stereocenters. The Morgan fingerprint density at radius 3 is 2.00 bits per heavy atom. The number of hydrogen-bond acceptors (Lipinski definition) is 1. The van der Waals surface area contributed by atoms with E-state index in [0.717, 1.165) is 6.54 Å². The predicted molar refractivity (Wildman–Crippen MR) is 40.8 cm³/mol. The van der Waals surface area contributed by atoms with Gasteiger partial charge in [0.2, 0.25) is 0 Å². The summed E-state index contributed by atoms with van der Waals surface area (Å²) in [6.45, 7) is 0.983. The molecule has 0 aromatic heterocycles. The van der Waals surface area contributed by atoms with Gasteiger partial charge >= 0.3 is 0 Å². The lowest BCUT2D eigenvalue weighted by molar-refractivity contribution is 0.972. The molecule has 0 aliphatic carbocycles. The Morgan fingerprint density at radius 2 is 1.88 bits per heavy atom. The van der Waals surface area contributed by atoms with E-state index in [0.29, 0.717) is 0 Å². The second-order valence-corrected chi connectivity index (χ2v) is 1.20. The van der Waals surface area contributed by atoms with Crippen LogP contribution in [0.3, 0.4) is 0 Å². The number of halogens is 2. The summed E-state index contributed by atoms with van der Waals surface area (Å²) in [5.41, 5.74) is 0. The number of allylic oxidation sites excluding steroid dienone is 2. The van der Waals surface area contributed by atoms with E-state index in [1.54, 1.807) is 0 Å². The third-order valence-corrected chi connectivity index (χ3v) is 0.697. The molecule has 1 heterocycles. The first-order valence-corrected chi connectivity index (χ1v) is 2.05. The SMILES string of the molecule is C1=CCNC=C1.Cl.Cl. The summed E-state index contributed by atoms with van der Waals surface area (Å²) in [6, 6.07) is 0. The minimum atomic E-state index is 0. The minimum Gasteiger partial charge on any atom is -0.387 e. The van der Waals surface area contributed by atoms with Crippen LogP contribution in [-0.4, -0.2) is 6.54 Å². The quantitative estimate of drug-likeness (QED) is 0.557. The Labute approximate surface area is 61.7 Å². The first-order chi connectivity index (χ1) is 3.00. The summed E-state index contributed by atoms with van der Waals surface area (Å²) in [7, 11) is 0. The Kier molecular flexibility index (Phi) is 9.24. The zero-order chi connectivity index (χ0) is 4.24. The van der Waals surface area contributed by atoms with Crippen LogP contribution in [-0.2, 0) is 0 Å². The molecule has 0 spiro atoms. The second-order valence-electron chi connectivity index (χ2n) is 1.20. The van der Waals surface area contributed by atoms with Gasteiger partial charge in [-0.3, -0.25) is 0 Å². The third-order valence-electron chi connectivity index (χ3n) is 0.697. The van der Waals surface area contributed by atoms with Gasteiger partial charge in [0.05, 0.1) is 0 Å². The minimum absolute atomic E-state index is 0. The van der Waals surface area contributed by atoms with Crippen molar-refractivity contribution in [1.82, 2.24) is 5.32 Å². The van der Waals surface area contributed by atoms with Crippen molar-refractivity contribution in [3.05, 3.63) is 24.4 Å². The first kappa shape index (κ1) is 10.8. The molecule has 0 fully saturated rings. The molecule has 0 aromatic carbocycles. The van der Waals surface area contributed by atoms with Crippen molar-refractivity contribution in [2.24, 2.45) is 0 Å². The molecule has 0 saturated carbocycles. The highest BCUT2D eigenvalue weighted by atomic mass is 35.5. The predicted octanol–water partition coefficient (Wildman–Crippen LogP) is 1.50. The summed E-state index contributed by atoms with van der Waals surface area (Å²) in [5.74, 6) is 0. The first-order valence-electron chi connectivity index (χ1n) is 2.05. The molecule has 48 valence electrons. The van der Waals surface area contributed by atoms with Gasteiger partial charge in [0.15, 0.2) is 0 Å². The van der Waals surface area contributed by atoms with E-state index in [2.05, 4.69) is 11.4 Å². The van der Waals surface area contributed by atoms with Crippen LogP contribution in [0.5, 0.6) is 0 Å². The van der Waals surface area contributed by atoms with Crippen LogP contribution in [0, 0.1) is 0 Å². The summed E-state index contributed by atoms with van der Waals surface area (Å²) < 4.78 is 0. The second kappa shape index (κ2) is 6.86. The zero-order valence-corrected chi connectivity index (χ0v) is 5.97. The van der Waals surface area contributed by atoms with E-state index < -0.39 is 0 Å². The van der Waals surface area contributed by atoms with Crippen molar-refractivity contribution < 1.29 is 0 Å². The van der Waals surface area contributed by atoms with Crippen LogP contribution >= 0.6 is 24.8 Å². The summed E-state index contributed by atoms with van der Waals surface area (Å²) in [5, 5.41) is 3.02. The standard InChI is InChI=1S/C5H7N.2ClH/c1-2-4-6-5-3-1;;/h1-4,6H,5H2;2*1H. The topological polar surface area (TPSA) is 12.0 Å². The van der Waals surface area contributed by atoms with E-state index in [-0.39, 0.29) is 24.8 Å². The molecule has 0 saturated heterocycles. The van der Waals surface area contributed by atoms with Crippen molar-refractivity contribution >= 4 is 24.8 Å². The third kappa shape index (κ3) is 4.03. The molecular weight excluding hydrogens is 145 g/mol. The lowest BCUT2D eigenvalue weighted by Crippen LogP contribution is -2.05. The van der Waals surface area contributed by atoms with Crippen molar-refractivity contribution in [3.8, 4) is 0 Å². The molecule has 8 heavy (non-hydrogen) atoms. The van der Waals surface area contributed by atoms with Gasteiger partial charge in [-0.25, -0.2) is 0 Å². The molecule has 3 heteroatoms. The monoisotopic (exact) mass is 153 g/mol. The van der Waals surface area contributed by atoms with E-state index in [9.17, 15) is 0 Å². The fraction of sp³-hybridized carbons (Fsp3) is 0.200. The molecule has 1 aliphatic heterocycles. The van der Waals surface area contributed by atoms with Crippen LogP contribution in [0.1, 0.15) is 0 Å². The van der Waals surface area contributed by atoms with Crippen molar-refractivity contribution in [3.63, 3.8) is 0 Å². The molecule has 1 nitrogen and oxygen atoms in total. The van der Waals surface area contributed by atoms with Gasteiger partial charge in [0, 0.05) is 6.54 Å². The maximum atomic E-state index is 3.02. The maximum Gasteiger partial charge on any atom is 0.0328 e. The Hall–Kier alpha value is -0.140. The van der Waals surface area contributed by atoms with Gasteiger partial charge in [-0.2, -0.15) is 0 Å². The lowest BCUT2D eigenvalue weighted by Gasteiger charge is -1.94. The van der Waals surface area contributed by atoms with E-state index in [1.807, 2.05) is 18.4 Å². The number of nitrogens with one attached hydrogen (secondary N) is 1. The molecule has 0 bridgehead atoms. The summed E-state index contributed by atoms with van der Waals surface area (Å²) >= 11 is 0. The van der Waals surface area contributed by atoms with Crippen LogP contribution in [0.15, 0.2) is 24.4 Å². The van der Waals surface area contributed by atoms with E-state index >= 15 is 0 Å². The highest BCUT2D eigenvalue weighted by Gasteiger charge is 1.73. The molecule has 1 N–H and O–H groups in total. The van der Waals surface area contributed by atoms with Gasteiger partial charge in [-0.15, -0.1) is 24.8 Å². The van der Waals surface area contributed by atoms with Crippen LogP contribution in [0.4, 0.5) is 0 Å². The fourth-order valence-electron chi connectivity index (χ4n) is 0.406. The average molecular weight is 154 g/mol. The van der Waals surface area contributed by atoms with Gasteiger partial charge < -0.3 is 5.32 Å². The number of hydrogen-bond donors (Lipinski definition) is 1. The largest absolute Gasteiger partial charge is 0.387 e. The van der Waals surface area contributed by atoms with Gasteiger partial charge in [0.25, 0.3) is 0 Å². The zero-order valence-electron chi connectivity index (χ0n) is 4.33. The molecular formula is C5H9Cl2N. The normalized spacial score (nSPS) is 13.0. The van der Waals surface area contributed by atoms with Crippen molar-refractivity contribution in [2.75, 3.05) is 6.54 Å². The molecule has 1 rings (SSSR count). The lowest BCUT2D eigenvalue weighted by atomic mass is 10.4. The number of rotatable bonds is 0. The number of dihydropyridines is 1. The van der Waals surface area contributed by atoms with E-state index in [1.165, 1.54) is 0 Å². The highest BCUT2D eigenvalue weighted by Crippen LogP contribution is 1.78. The summed E-state index contributed by atoms with van der Waals surface area (Å²) in [6.07, 6.45) is 8.00. The maximum absolute atomic E-state index is 3.02. The molecule has 0 aromatic rings. The Morgan fingerprint density at radius 1 is 1.12 bits per heavy atom.